The van der Waals surface area contributed by atoms with Gasteiger partial charge in [-0.05, 0) is 168 Å². The van der Waals surface area contributed by atoms with E-state index in [-0.39, 0.29) is 44.0 Å². The maximum atomic E-state index is 13.5. The number of halogens is 3. The second kappa shape index (κ2) is 28.0. The zero-order valence-corrected chi connectivity index (χ0v) is 45.8. The number of Topliss-reactive ketones (excluding diaryl/α,β-unsaturated/α-hetero) is 1. The van der Waals surface area contributed by atoms with Crippen molar-refractivity contribution in [2.45, 2.75) is 70.4 Å². The number of thiazole rings is 1. The van der Waals surface area contributed by atoms with E-state index in [2.05, 4.69) is 92.5 Å². The van der Waals surface area contributed by atoms with E-state index >= 15 is 0 Å². The third kappa shape index (κ3) is 16.5. The minimum Gasteiger partial charge on any atom is -0.382 e. The van der Waals surface area contributed by atoms with Crippen LogP contribution in [0.15, 0.2) is 102 Å². The topological polar surface area (TPSA) is 148 Å². The molecule has 9 rings (SSSR count). The van der Waals surface area contributed by atoms with Gasteiger partial charge in [-0.3, -0.25) is 9.59 Å². The number of ketones is 2. The lowest BCUT2D eigenvalue weighted by atomic mass is 10.0. The fourth-order valence-corrected chi connectivity index (χ4v) is 11.2. The van der Waals surface area contributed by atoms with Gasteiger partial charge in [-0.2, -0.15) is 14.9 Å². The Morgan fingerprint density at radius 3 is 1.72 bits per heavy atom. The molecule has 12 nitrogen and oxygen atoms in total. The quantitative estimate of drug-likeness (QED) is 0.0235. The number of thiocarbonyl (C=S) groups is 1. The van der Waals surface area contributed by atoms with Gasteiger partial charge in [-0.1, -0.05) is 70.2 Å². The predicted octanol–water partition coefficient (Wildman–Crippen LogP) is 10.9. The standard InChI is InChI=1S/C25H28FN5OS.C19H29N5S2.C8H6BrFO.H3P/c26-18-5-3-4-17(16-18)22(32)23-24(27)29-25(33-23)28-19-6-8-20(9-7-19)31-14-10-21(11-15-31)30-12-1-2-13-30;1-2-26-18(20)22-19(25)21-15-5-7-16(8-6-15)24-13-9-17(10-14-24)23-11-3-4-12-23;9-5-8(11)6-2-1-3-7(10)4-6;/h3-9,16,21H,1-2,10-15,27H2,(H,28,29);5-8,17H,2-4,9-14H2,1H3,(H3,20,21,22,25);1-4H,5H2;1H3. The van der Waals surface area contributed by atoms with E-state index in [1.54, 1.807) is 12.1 Å². The van der Waals surface area contributed by atoms with Crippen molar-refractivity contribution >= 4 is 117 Å². The normalized spacial score (nSPS) is 16.8. The molecule has 380 valence electrons. The fourth-order valence-electron chi connectivity index (χ4n) is 9.31. The number of rotatable bonds is 12. The van der Waals surface area contributed by atoms with Gasteiger partial charge in [-0.25, -0.2) is 13.8 Å². The largest absolute Gasteiger partial charge is 0.382 e. The minimum absolute atomic E-state index is 0. The number of piperidine rings is 2. The molecule has 71 heavy (non-hydrogen) atoms. The van der Waals surface area contributed by atoms with Gasteiger partial charge >= 0.3 is 0 Å². The van der Waals surface area contributed by atoms with E-state index in [0.717, 1.165) is 55.4 Å². The zero-order valence-electron chi connectivity index (χ0n) is 40.3. The molecule has 5 heterocycles. The van der Waals surface area contributed by atoms with Crippen molar-refractivity contribution in [3.05, 3.63) is 125 Å². The molecule has 4 aliphatic rings. The summed E-state index contributed by atoms with van der Waals surface area (Å²) in [6.45, 7) is 11.6. The highest BCUT2D eigenvalue weighted by Gasteiger charge is 2.28. The summed E-state index contributed by atoms with van der Waals surface area (Å²) in [5.74, 6) is -0.232. The van der Waals surface area contributed by atoms with Crippen LogP contribution in [0, 0.1) is 11.6 Å². The lowest BCUT2D eigenvalue weighted by Gasteiger charge is -2.37. The van der Waals surface area contributed by atoms with Crippen molar-refractivity contribution in [1.82, 2.24) is 14.8 Å². The van der Waals surface area contributed by atoms with Crippen LogP contribution in [0.4, 0.5) is 42.5 Å². The maximum absolute atomic E-state index is 13.5. The summed E-state index contributed by atoms with van der Waals surface area (Å²) >= 11 is 10.9. The van der Waals surface area contributed by atoms with Crippen LogP contribution in [0.3, 0.4) is 0 Å². The predicted molar refractivity (Wildman–Crippen MR) is 306 cm³/mol. The Balaban J connectivity index is 0.000000193. The summed E-state index contributed by atoms with van der Waals surface area (Å²) in [4.78, 5) is 42.7. The molecule has 4 aromatic carbocycles. The highest BCUT2D eigenvalue weighted by atomic mass is 79.9. The van der Waals surface area contributed by atoms with Gasteiger partial charge in [0.1, 0.15) is 22.3 Å². The summed E-state index contributed by atoms with van der Waals surface area (Å²) in [5.41, 5.74) is 16.8. The van der Waals surface area contributed by atoms with Gasteiger partial charge in [0.25, 0.3) is 0 Å². The number of benzene rings is 4. The molecule has 1 unspecified atom stereocenters. The Morgan fingerprint density at radius 1 is 0.761 bits per heavy atom. The number of carbonyl (C=O) groups excluding carboxylic acids is 2. The Bertz CT molecular complexity index is 2530. The molecule has 0 spiro atoms. The fraction of sp³-hybridized carbons (Fsp3) is 0.404. The van der Waals surface area contributed by atoms with Gasteiger partial charge in [0.2, 0.25) is 5.78 Å². The van der Waals surface area contributed by atoms with Crippen molar-refractivity contribution in [1.29, 1.82) is 0 Å². The first-order valence-corrected chi connectivity index (χ1v) is 27.4. The van der Waals surface area contributed by atoms with Gasteiger partial charge in [0, 0.05) is 72.1 Å². The van der Waals surface area contributed by atoms with Crippen LogP contribution in [-0.2, 0) is 0 Å². The maximum Gasteiger partial charge on any atom is 0.206 e. The molecule has 0 bridgehead atoms. The number of nitrogens with two attached hydrogens (primary N) is 2. The number of anilines is 6. The van der Waals surface area contributed by atoms with Crippen molar-refractivity contribution in [3.63, 3.8) is 0 Å². The second-order valence-corrected chi connectivity index (χ2v) is 20.8. The molecule has 4 saturated heterocycles. The number of nitrogens with one attached hydrogen (secondary N) is 2. The summed E-state index contributed by atoms with van der Waals surface area (Å²) in [7, 11) is 0. The first kappa shape index (κ1) is 55.8. The molecule has 1 atom stereocenters. The molecule has 19 heteroatoms. The molecular formula is C52H66BrF2N10O2PS3. The SMILES string of the molecule is CCSC(N)=NC(=S)Nc1ccc(N2CCC(N3CCCC3)CC2)cc1.Nc1nc(Nc2ccc(N3CCC(N4CCCC4)CC3)cc2)sc1C(=O)c1cccc(F)c1.O=C(CBr)c1cccc(F)c1.P. The molecule has 4 aliphatic heterocycles. The van der Waals surface area contributed by atoms with Crippen molar-refractivity contribution < 1.29 is 18.4 Å². The minimum atomic E-state index is -0.456. The van der Waals surface area contributed by atoms with Crippen LogP contribution in [0.5, 0.6) is 0 Å². The number of carbonyl (C=O) groups is 2. The van der Waals surface area contributed by atoms with E-state index in [1.165, 1.54) is 148 Å². The number of aliphatic imine (C=N–C) groups is 1. The Morgan fingerprint density at radius 2 is 1.24 bits per heavy atom. The van der Waals surface area contributed by atoms with Crippen molar-refractivity contribution in [2.75, 3.05) is 89.6 Å². The average molecular weight is 1110 g/mol. The average Bonchev–Trinajstić information content (AvgIpc) is 4.19. The van der Waals surface area contributed by atoms with E-state index in [1.807, 2.05) is 19.1 Å². The monoisotopic (exact) mass is 1110 g/mol. The number of amidine groups is 1. The van der Waals surface area contributed by atoms with Gasteiger partial charge in [0.05, 0.1) is 5.33 Å². The number of nitrogens with zero attached hydrogens (tertiary/aromatic N) is 6. The van der Waals surface area contributed by atoms with Crippen molar-refractivity contribution in [3.8, 4) is 0 Å². The molecule has 1 aromatic heterocycles. The first-order valence-electron chi connectivity index (χ1n) is 24.1. The summed E-state index contributed by atoms with van der Waals surface area (Å²) in [6.07, 6.45) is 10.4. The molecular weight excluding hydrogens is 1040 g/mol. The zero-order chi connectivity index (χ0) is 49.4. The summed E-state index contributed by atoms with van der Waals surface area (Å²) in [6, 6.07) is 29.5. The number of hydrogen-bond acceptors (Lipinski definition) is 12. The molecule has 6 N–H and O–H groups in total. The molecule has 0 saturated carbocycles. The van der Waals surface area contributed by atoms with Crippen LogP contribution in [-0.4, -0.2) is 112 Å². The number of likely N-dealkylation sites (tertiary alicyclic amines) is 2. The molecule has 0 aliphatic carbocycles. The third-order valence-electron chi connectivity index (χ3n) is 12.9. The van der Waals surface area contributed by atoms with E-state index in [4.69, 9.17) is 23.7 Å². The van der Waals surface area contributed by atoms with Crippen LogP contribution in [0.2, 0.25) is 0 Å². The Labute approximate surface area is 442 Å². The van der Waals surface area contributed by atoms with Crippen LogP contribution in [0.1, 0.15) is 83.9 Å². The number of nitrogen functional groups attached to an aromatic ring is 1. The first-order chi connectivity index (χ1) is 34.0. The van der Waals surface area contributed by atoms with Gasteiger partial charge in [0.15, 0.2) is 21.2 Å². The number of thioether (sulfide) groups is 1. The molecule has 5 aromatic rings. The van der Waals surface area contributed by atoms with Crippen LogP contribution < -0.4 is 31.9 Å². The molecule has 0 amide bonds. The third-order valence-corrected chi connectivity index (χ3v) is 15.3. The Kier molecular flexibility index (Phi) is 22.0. The van der Waals surface area contributed by atoms with Crippen LogP contribution in [0.25, 0.3) is 0 Å². The van der Waals surface area contributed by atoms with E-state index < -0.39 is 5.82 Å². The lowest BCUT2D eigenvalue weighted by molar-refractivity contribution is 0.102. The second-order valence-electron chi connectivity index (χ2n) is 17.6. The summed E-state index contributed by atoms with van der Waals surface area (Å²) in [5, 5.41) is 8.04. The van der Waals surface area contributed by atoms with Gasteiger partial charge < -0.3 is 41.7 Å². The number of hydrogen-bond donors (Lipinski definition) is 4. The molecule has 0 radical (unpaired) electrons. The lowest BCUT2D eigenvalue weighted by Crippen LogP contribution is -2.43. The smallest absolute Gasteiger partial charge is 0.206 e. The Hall–Kier alpha value is -4.55. The van der Waals surface area contributed by atoms with Crippen LogP contribution >= 0.6 is 61.1 Å². The highest BCUT2D eigenvalue weighted by Crippen LogP contribution is 2.32. The number of aromatic nitrogens is 1. The van der Waals surface area contributed by atoms with E-state index in [9.17, 15) is 18.4 Å². The number of alkyl halides is 1. The van der Waals surface area contributed by atoms with E-state index in [0.29, 0.717) is 25.9 Å². The highest BCUT2D eigenvalue weighted by molar-refractivity contribution is 9.09. The molecule has 4 fully saturated rings. The van der Waals surface area contributed by atoms with Crippen molar-refractivity contribution in [2.24, 2.45) is 10.7 Å². The summed E-state index contributed by atoms with van der Waals surface area (Å²) < 4.78 is 26.0. The van der Waals surface area contributed by atoms with Gasteiger partial charge in [-0.15, -0.1) is 0 Å².